The monoisotopic (exact) mass is 388 g/mol. The van der Waals surface area contributed by atoms with Crippen molar-refractivity contribution in [1.29, 1.82) is 0 Å². The Hall–Kier alpha value is -1.74. The minimum atomic E-state index is -3.11. The largest absolute Gasteiger partial charge is 0.356 e. The lowest BCUT2D eigenvalue weighted by atomic mass is 9.98. The van der Waals surface area contributed by atoms with Crippen LogP contribution in [0, 0.1) is 17.6 Å². The van der Waals surface area contributed by atoms with Crippen molar-refractivity contribution in [2.75, 3.05) is 39.5 Å². The molecule has 0 spiro atoms. The molecule has 2 rings (SSSR count). The van der Waals surface area contributed by atoms with Gasteiger partial charge in [-0.3, -0.25) is 4.99 Å². The molecule has 0 unspecified atom stereocenters. The topological polar surface area (TPSA) is 73.8 Å². The van der Waals surface area contributed by atoms with Crippen molar-refractivity contribution in [2.45, 2.75) is 19.3 Å². The van der Waals surface area contributed by atoms with E-state index in [1.807, 2.05) is 0 Å². The van der Waals surface area contributed by atoms with Crippen LogP contribution in [-0.2, 0) is 16.4 Å². The Morgan fingerprint density at radius 3 is 2.58 bits per heavy atom. The van der Waals surface area contributed by atoms with Gasteiger partial charge in [0.2, 0.25) is 10.0 Å². The van der Waals surface area contributed by atoms with Crippen molar-refractivity contribution in [3.05, 3.63) is 35.4 Å². The lowest BCUT2D eigenvalue weighted by Gasteiger charge is -2.30. The highest BCUT2D eigenvalue weighted by atomic mass is 32.2. The van der Waals surface area contributed by atoms with E-state index in [2.05, 4.69) is 15.6 Å². The van der Waals surface area contributed by atoms with Crippen LogP contribution in [0.3, 0.4) is 0 Å². The van der Waals surface area contributed by atoms with E-state index in [4.69, 9.17) is 0 Å². The predicted molar refractivity (Wildman–Crippen MR) is 98.6 cm³/mol. The summed E-state index contributed by atoms with van der Waals surface area (Å²) in [6.07, 6.45) is 3.17. The van der Waals surface area contributed by atoms with Crippen molar-refractivity contribution in [3.8, 4) is 0 Å². The van der Waals surface area contributed by atoms with Gasteiger partial charge in [-0.2, -0.15) is 0 Å². The maximum absolute atomic E-state index is 13.6. The quantitative estimate of drug-likeness (QED) is 0.570. The molecule has 0 amide bonds. The molecule has 0 saturated carbocycles. The van der Waals surface area contributed by atoms with Crippen LogP contribution in [-0.4, -0.2) is 58.2 Å². The standard InChI is InChI=1S/C17H26F2N4O2S/c1-20-17(21-8-5-14-11-15(18)3-4-16(14)19)22-12-13-6-9-23(10-7-13)26(2,24)25/h3-4,11,13H,5-10,12H2,1-2H3,(H2,20,21,22). The maximum atomic E-state index is 13.6. The zero-order chi connectivity index (χ0) is 19.2. The smallest absolute Gasteiger partial charge is 0.211 e. The Kier molecular flexibility index (Phi) is 7.33. The number of nitrogens with one attached hydrogen (secondary N) is 2. The number of sulfonamides is 1. The first kappa shape index (κ1) is 20.6. The van der Waals surface area contributed by atoms with E-state index < -0.39 is 21.7 Å². The van der Waals surface area contributed by atoms with Crippen molar-refractivity contribution < 1.29 is 17.2 Å². The van der Waals surface area contributed by atoms with Gasteiger partial charge in [0.25, 0.3) is 0 Å². The molecule has 0 atom stereocenters. The Labute approximate surface area is 153 Å². The van der Waals surface area contributed by atoms with Crippen LogP contribution in [0.1, 0.15) is 18.4 Å². The molecule has 1 fully saturated rings. The summed E-state index contributed by atoms with van der Waals surface area (Å²) in [7, 11) is -1.47. The van der Waals surface area contributed by atoms with E-state index in [9.17, 15) is 17.2 Å². The van der Waals surface area contributed by atoms with Gasteiger partial charge >= 0.3 is 0 Å². The Morgan fingerprint density at radius 1 is 1.27 bits per heavy atom. The summed E-state index contributed by atoms with van der Waals surface area (Å²) < 4.78 is 51.3. The highest BCUT2D eigenvalue weighted by molar-refractivity contribution is 7.88. The number of rotatable bonds is 6. The van der Waals surface area contributed by atoms with Crippen molar-refractivity contribution in [2.24, 2.45) is 10.9 Å². The molecule has 0 bridgehead atoms. The van der Waals surface area contributed by atoms with Gasteiger partial charge in [0.15, 0.2) is 5.96 Å². The van der Waals surface area contributed by atoms with Crippen molar-refractivity contribution in [1.82, 2.24) is 14.9 Å². The Bertz CT molecular complexity index is 732. The first-order valence-corrected chi connectivity index (χ1v) is 10.5. The third-order valence-electron chi connectivity index (χ3n) is 4.52. The van der Waals surface area contributed by atoms with Crippen molar-refractivity contribution in [3.63, 3.8) is 0 Å². The van der Waals surface area contributed by atoms with Gasteiger partial charge in [0.1, 0.15) is 11.6 Å². The van der Waals surface area contributed by atoms with Gasteiger partial charge in [-0.1, -0.05) is 0 Å². The second kappa shape index (κ2) is 9.27. The third kappa shape index (κ3) is 6.21. The molecular formula is C17H26F2N4O2S. The van der Waals surface area contributed by atoms with E-state index in [1.54, 1.807) is 7.05 Å². The van der Waals surface area contributed by atoms with Gasteiger partial charge < -0.3 is 10.6 Å². The lowest BCUT2D eigenvalue weighted by molar-refractivity contribution is 0.275. The lowest BCUT2D eigenvalue weighted by Crippen LogP contribution is -2.44. The minimum Gasteiger partial charge on any atom is -0.356 e. The average molecular weight is 388 g/mol. The molecule has 6 nitrogen and oxygen atoms in total. The molecule has 0 aromatic heterocycles. The molecule has 2 N–H and O–H groups in total. The maximum Gasteiger partial charge on any atom is 0.211 e. The SMILES string of the molecule is CN=C(NCCc1cc(F)ccc1F)NCC1CCN(S(C)(=O)=O)CC1. The molecule has 9 heteroatoms. The van der Waals surface area contributed by atoms with Crippen LogP contribution < -0.4 is 10.6 Å². The van der Waals surface area contributed by atoms with Gasteiger partial charge in [0.05, 0.1) is 6.26 Å². The zero-order valence-corrected chi connectivity index (χ0v) is 16.0. The van der Waals surface area contributed by atoms with Gasteiger partial charge in [-0.25, -0.2) is 21.5 Å². The molecule has 0 aliphatic carbocycles. The van der Waals surface area contributed by atoms with E-state index in [1.165, 1.54) is 16.6 Å². The molecule has 1 heterocycles. The molecule has 1 aromatic carbocycles. The average Bonchev–Trinajstić information content (AvgIpc) is 2.60. The second-order valence-electron chi connectivity index (χ2n) is 6.47. The van der Waals surface area contributed by atoms with Gasteiger partial charge in [-0.15, -0.1) is 0 Å². The molecular weight excluding hydrogens is 362 g/mol. The summed E-state index contributed by atoms with van der Waals surface area (Å²) in [5.74, 6) is 0.0812. The molecule has 0 radical (unpaired) electrons. The van der Waals surface area contributed by atoms with Crippen molar-refractivity contribution >= 4 is 16.0 Å². The number of benzene rings is 1. The predicted octanol–water partition coefficient (Wildman–Crippen LogP) is 1.34. The zero-order valence-electron chi connectivity index (χ0n) is 15.1. The number of halogens is 2. The van der Waals surface area contributed by atoms with E-state index in [0.29, 0.717) is 50.0 Å². The van der Waals surface area contributed by atoms with E-state index >= 15 is 0 Å². The number of guanidine groups is 1. The van der Waals surface area contributed by atoms with Gasteiger partial charge in [-0.05, 0) is 48.9 Å². The Morgan fingerprint density at radius 2 is 1.96 bits per heavy atom. The fraction of sp³-hybridized carbons (Fsp3) is 0.588. The number of piperidine rings is 1. The van der Waals surface area contributed by atoms with Crippen LogP contribution in [0.2, 0.25) is 0 Å². The summed E-state index contributed by atoms with van der Waals surface area (Å²) in [6, 6.07) is 3.42. The normalized spacial score (nSPS) is 17.3. The fourth-order valence-electron chi connectivity index (χ4n) is 2.96. The number of hydrogen-bond donors (Lipinski definition) is 2. The van der Waals surface area contributed by atoms with E-state index in [0.717, 1.165) is 25.0 Å². The van der Waals surface area contributed by atoms with Crippen LogP contribution in [0.15, 0.2) is 23.2 Å². The number of nitrogens with zero attached hydrogens (tertiary/aromatic N) is 2. The molecule has 146 valence electrons. The molecule has 1 aromatic rings. The van der Waals surface area contributed by atoms with Crippen LogP contribution in [0.25, 0.3) is 0 Å². The third-order valence-corrected chi connectivity index (χ3v) is 5.82. The van der Waals surface area contributed by atoms with Crippen LogP contribution in [0.4, 0.5) is 8.78 Å². The van der Waals surface area contributed by atoms with Crippen LogP contribution >= 0.6 is 0 Å². The number of hydrogen-bond acceptors (Lipinski definition) is 3. The van der Waals surface area contributed by atoms with Gasteiger partial charge in [0, 0.05) is 33.2 Å². The highest BCUT2D eigenvalue weighted by Gasteiger charge is 2.24. The highest BCUT2D eigenvalue weighted by Crippen LogP contribution is 2.18. The first-order chi connectivity index (χ1) is 12.3. The Balaban J connectivity index is 1.72. The summed E-state index contributed by atoms with van der Waals surface area (Å²) >= 11 is 0. The van der Waals surface area contributed by atoms with Crippen LogP contribution in [0.5, 0.6) is 0 Å². The molecule has 1 saturated heterocycles. The second-order valence-corrected chi connectivity index (χ2v) is 8.45. The summed E-state index contributed by atoms with van der Waals surface area (Å²) in [5, 5.41) is 6.29. The molecule has 1 aliphatic rings. The molecule has 26 heavy (non-hydrogen) atoms. The number of aliphatic imine (C=N–C) groups is 1. The minimum absolute atomic E-state index is 0.320. The first-order valence-electron chi connectivity index (χ1n) is 8.63. The fourth-order valence-corrected chi connectivity index (χ4v) is 3.83. The van der Waals surface area contributed by atoms with E-state index in [-0.39, 0.29) is 0 Å². The summed E-state index contributed by atoms with van der Waals surface area (Å²) in [5.41, 5.74) is 0.320. The molecule has 1 aliphatic heterocycles. The summed E-state index contributed by atoms with van der Waals surface area (Å²) in [4.78, 5) is 4.12. The summed E-state index contributed by atoms with van der Waals surface area (Å²) in [6.45, 7) is 2.18.